The van der Waals surface area contributed by atoms with Crippen molar-refractivity contribution in [2.45, 2.75) is 6.92 Å². The highest BCUT2D eigenvalue weighted by atomic mass is 35.5. The van der Waals surface area contributed by atoms with E-state index < -0.39 is 0 Å². The van der Waals surface area contributed by atoms with Gasteiger partial charge in [0.1, 0.15) is 5.82 Å². The maximum Gasteiger partial charge on any atom is 0.222 e. The lowest BCUT2D eigenvalue weighted by atomic mass is 10.1. The number of thiophene rings is 1. The van der Waals surface area contributed by atoms with Crippen molar-refractivity contribution in [2.24, 2.45) is 0 Å². The van der Waals surface area contributed by atoms with E-state index in [1.807, 2.05) is 25.1 Å². The van der Waals surface area contributed by atoms with Gasteiger partial charge in [0.05, 0.1) is 9.85 Å². The molecule has 2 aromatic heterocycles. The molecule has 96 valence electrons. The summed E-state index contributed by atoms with van der Waals surface area (Å²) in [4.78, 5) is 9.33. The van der Waals surface area contributed by atoms with Crippen molar-refractivity contribution >= 4 is 45.6 Å². The molecule has 0 aliphatic heterocycles. The smallest absolute Gasteiger partial charge is 0.222 e. The van der Waals surface area contributed by atoms with Gasteiger partial charge in [0.15, 0.2) is 0 Å². The summed E-state index contributed by atoms with van der Waals surface area (Å²) < 4.78 is 0.759. The molecule has 6 heteroatoms. The molecule has 1 aromatic carbocycles. The van der Waals surface area contributed by atoms with Crippen LogP contribution in [0.15, 0.2) is 24.3 Å². The van der Waals surface area contributed by atoms with Gasteiger partial charge >= 0.3 is 0 Å². The summed E-state index contributed by atoms with van der Waals surface area (Å²) in [6.07, 6.45) is 0. The first-order valence-corrected chi connectivity index (χ1v) is 6.83. The molecule has 0 spiro atoms. The van der Waals surface area contributed by atoms with Crippen molar-refractivity contribution in [3.63, 3.8) is 0 Å². The Labute approximate surface area is 119 Å². The molecule has 0 unspecified atom stereocenters. The normalized spacial score (nSPS) is 11.1. The molecule has 0 bridgehead atoms. The minimum atomic E-state index is 0.194. The number of nitrogens with zero attached hydrogens (tertiary/aromatic N) is 2. The highest BCUT2D eigenvalue weighted by Crippen LogP contribution is 2.34. The van der Waals surface area contributed by atoms with Crippen LogP contribution < -0.4 is 11.5 Å². The molecule has 0 amide bonds. The van der Waals surface area contributed by atoms with Gasteiger partial charge in [0.25, 0.3) is 0 Å². The van der Waals surface area contributed by atoms with Crippen LogP contribution in [0.25, 0.3) is 21.3 Å². The van der Waals surface area contributed by atoms with Crippen LogP contribution >= 0.6 is 22.9 Å². The zero-order valence-corrected chi connectivity index (χ0v) is 11.7. The van der Waals surface area contributed by atoms with Crippen molar-refractivity contribution in [1.82, 2.24) is 9.97 Å². The molecule has 3 aromatic rings. The first-order valence-electron chi connectivity index (χ1n) is 5.63. The Morgan fingerprint density at radius 1 is 1.16 bits per heavy atom. The van der Waals surface area contributed by atoms with Gasteiger partial charge in [-0.2, -0.15) is 4.98 Å². The molecular formula is C13H11ClN4S. The number of rotatable bonds is 1. The van der Waals surface area contributed by atoms with Crippen LogP contribution in [0.2, 0.25) is 4.34 Å². The summed E-state index contributed by atoms with van der Waals surface area (Å²) in [5.74, 6) is 0.593. The molecule has 0 aliphatic carbocycles. The van der Waals surface area contributed by atoms with Crippen molar-refractivity contribution in [3.05, 3.63) is 34.2 Å². The van der Waals surface area contributed by atoms with Crippen molar-refractivity contribution < 1.29 is 0 Å². The number of aryl methyl sites for hydroxylation is 1. The summed E-state index contributed by atoms with van der Waals surface area (Å²) in [6.45, 7) is 1.98. The largest absolute Gasteiger partial charge is 0.383 e. The molecule has 0 fully saturated rings. The topological polar surface area (TPSA) is 77.8 Å². The Bertz CT molecular complexity index is 782. The third-order valence-corrected chi connectivity index (χ3v) is 4.18. The van der Waals surface area contributed by atoms with Crippen LogP contribution in [0.5, 0.6) is 0 Å². The van der Waals surface area contributed by atoms with E-state index in [4.69, 9.17) is 23.1 Å². The second-order valence-electron chi connectivity index (χ2n) is 4.26. The number of fused-ring (bicyclic) bond motifs is 1. The lowest BCUT2D eigenvalue weighted by Crippen LogP contribution is -2.01. The van der Waals surface area contributed by atoms with Gasteiger partial charge in [0, 0.05) is 10.3 Å². The number of aromatic nitrogens is 2. The van der Waals surface area contributed by atoms with E-state index in [1.165, 1.54) is 11.3 Å². The number of hydrogen-bond donors (Lipinski definition) is 2. The zero-order valence-electron chi connectivity index (χ0n) is 10.1. The molecule has 4 N–H and O–H groups in total. The van der Waals surface area contributed by atoms with Gasteiger partial charge in [-0.25, -0.2) is 4.98 Å². The molecule has 0 aliphatic rings. The predicted molar refractivity (Wildman–Crippen MR) is 81.4 cm³/mol. The molecule has 0 saturated carbocycles. The fourth-order valence-corrected chi connectivity index (χ4v) is 3.09. The maximum atomic E-state index is 5.97. The molecule has 0 radical (unpaired) electrons. The Morgan fingerprint density at radius 2 is 1.95 bits per heavy atom. The first kappa shape index (κ1) is 12.2. The molecule has 3 rings (SSSR count). The highest BCUT2D eigenvalue weighted by Gasteiger charge is 2.10. The summed E-state index contributed by atoms with van der Waals surface area (Å²) in [5.41, 5.74) is 14.4. The van der Waals surface area contributed by atoms with Crippen molar-refractivity contribution in [3.8, 4) is 10.4 Å². The highest BCUT2D eigenvalue weighted by molar-refractivity contribution is 7.19. The van der Waals surface area contributed by atoms with Crippen molar-refractivity contribution in [1.29, 1.82) is 0 Å². The number of anilines is 2. The third-order valence-electron chi connectivity index (χ3n) is 2.90. The van der Waals surface area contributed by atoms with Crippen LogP contribution in [0.4, 0.5) is 11.8 Å². The Hall–Kier alpha value is -1.85. The number of halogens is 1. The Balaban J connectivity index is 2.30. The van der Waals surface area contributed by atoms with E-state index in [1.54, 1.807) is 0 Å². The minimum Gasteiger partial charge on any atom is -0.383 e. The summed E-state index contributed by atoms with van der Waals surface area (Å²) in [6, 6.07) is 7.89. The Morgan fingerprint density at radius 3 is 2.63 bits per heavy atom. The van der Waals surface area contributed by atoms with E-state index in [0.29, 0.717) is 5.82 Å². The number of benzene rings is 1. The average Bonchev–Trinajstić information content (AvgIpc) is 2.77. The van der Waals surface area contributed by atoms with Gasteiger partial charge in [0.2, 0.25) is 5.95 Å². The van der Waals surface area contributed by atoms with Crippen molar-refractivity contribution in [2.75, 3.05) is 11.5 Å². The quantitative estimate of drug-likeness (QED) is 0.719. The first-order chi connectivity index (χ1) is 9.04. The van der Waals surface area contributed by atoms with E-state index >= 15 is 0 Å². The lowest BCUT2D eigenvalue weighted by Gasteiger charge is -2.07. The summed E-state index contributed by atoms with van der Waals surface area (Å²) in [5, 5.41) is 0.814. The van der Waals surface area contributed by atoms with E-state index in [2.05, 4.69) is 16.0 Å². The SMILES string of the molecule is Cc1cc(-c2ccc(Cl)s2)cc2c(N)nc(N)nc12. The molecular weight excluding hydrogens is 280 g/mol. The van der Waals surface area contributed by atoms with Crippen LogP contribution in [0.3, 0.4) is 0 Å². The van der Waals surface area contributed by atoms with Gasteiger partial charge in [-0.3, -0.25) is 0 Å². The van der Waals surface area contributed by atoms with Gasteiger partial charge in [-0.15, -0.1) is 11.3 Å². The average molecular weight is 291 g/mol. The van der Waals surface area contributed by atoms with E-state index in [9.17, 15) is 0 Å². The maximum absolute atomic E-state index is 5.97. The predicted octanol–water partition coefficient (Wildman–Crippen LogP) is 3.48. The van der Waals surface area contributed by atoms with Crippen LogP contribution in [-0.4, -0.2) is 9.97 Å². The van der Waals surface area contributed by atoms with Gasteiger partial charge in [-0.1, -0.05) is 11.6 Å². The molecule has 19 heavy (non-hydrogen) atoms. The third kappa shape index (κ3) is 2.11. The number of nitrogens with two attached hydrogens (primary N) is 2. The summed E-state index contributed by atoms with van der Waals surface area (Å²) in [7, 11) is 0. The standard InChI is InChI=1S/C13H11ClN4S/c1-6-4-7(9-2-3-10(14)19-9)5-8-11(6)17-13(16)18-12(8)15/h2-5H,1H3,(H4,15,16,17,18). The van der Waals surface area contributed by atoms with E-state index in [-0.39, 0.29) is 5.95 Å². The second kappa shape index (κ2) is 4.36. The summed E-state index contributed by atoms with van der Waals surface area (Å²) >= 11 is 7.50. The Kier molecular flexibility index (Phi) is 2.80. The van der Waals surface area contributed by atoms with Crippen LogP contribution in [0.1, 0.15) is 5.56 Å². The van der Waals surface area contributed by atoms with Crippen LogP contribution in [0, 0.1) is 6.92 Å². The minimum absolute atomic E-state index is 0.194. The van der Waals surface area contributed by atoms with Gasteiger partial charge < -0.3 is 11.5 Å². The molecule has 4 nitrogen and oxygen atoms in total. The molecule has 0 atom stereocenters. The van der Waals surface area contributed by atoms with Gasteiger partial charge in [-0.05, 0) is 42.3 Å². The fourth-order valence-electron chi connectivity index (χ4n) is 2.06. The lowest BCUT2D eigenvalue weighted by molar-refractivity contribution is 1.23. The monoisotopic (exact) mass is 290 g/mol. The molecule has 2 heterocycles. The fraction of sp³-hybridized carbons (Fsp3) is 0.0769. The second-order valence-corrected chi connectivity index (χ2v) is 5.98. The zero-order chi connectivity index (χ0) is 13.6. The number of hydrogen-bond acceptors (Lipinski definition) is 5. The molecule has 0 saturated heterocycles. The number of nitrogen functional groups attached to an aromatic ring is 2. The van der Waals surface area contributed by atoms with Crippen LogP contribution in [-0.2, 0) is 0 Å². The van der Waals surface area contributed by atoms with E-state index in [0.717, 1.165) is 31.2 Å².